The second kappa shape index (κ2) is 8.93. The van der Waals surface area contributed by atoms with Gasteiger partial charge < -0.3 is 20.5 Å². The molecule has 9 heteroatoms. The number of nitrogens with one attached hydrogen (secondary N) is 1. The molecule has 1 aromatic carbocycles. The topological polar surface area (TPSA) is 86.5 Å². The first-order chi connectivity index (χ1) is 10.3. The van der Waals surface area contributed by atoms with Crippen LogP contribution >= 0.6 is 36.2 Å². The van der Waals surface area contributed by atoms with Crippen LogP contribution in [0.25, 0.3) is 10.6 Å². The lowest BCUT2D eigenvalue weighted by Gasteiger charge is -2.01. The Hall–Kier alpha value is -1.54. The average Bonchev–Trinajstić information content (AvgIpc) is 3.12. The molecule has 3 N–H and O–H groups in total. The van der Waals surface area contributed by atoms with Gasteiger partial charge in [-0.25, -0.2) is 4.98 Å². The van der Waals surface area contributed by atoms with Crippen molar-refractivity contribution in [1.29, 1.82) is 0 Å². The predicted molar refractivity (Wildman–Crippen MR) is 93.9 cm³/mol. The number of ether oxygens (including phenoxy) is 2. The standard InChI is InChI=1S/C14H15N3O3S.2ClH/c15-3-4-16-13(18)6-10-7-21-14(17-10)9-1-2-11-12(5-9)20-8-19-11;;/h1-2,5,7H,3-4,6,8,15H2,(H,16,18);2*1H. The maximum absolute atomic E-state index is 11.6. The Kier molecular flexibility index (Phi) is 7.57. The lowest BCUT2D eigenvalue weighted by atomic mass is 10.2. The number of amides is 1. The summed E-state index contributed by atoms with van der Waals surface area (Å²) in [6.45, 7) is 1.17. The molecule has 0 aliphatic carbocycles. The molecular formula is C14H17Cl2N3O3S. The van der Waals surface area contributed by atoms with Crippen molar-refractivity contribution in [3.05, 3.63) is 29.3 Å². The first kappa shape index (κ1) is 19.5. The van der Waals surface area contributed by atoms with Gasteiger partial charge >= 0.3 is 0 Å². The van der Waals surface area contributed by atoms with Crippen LogP contribution in [0.2, 0.25) is 0 Å². The van der Waals surface area contributed by atoms with Crippen molar-refractivity contribution in [3.63, 3.8) is 0 Å². The van der Waals surface area contributed by atoms with E-state index in [-0.39, 0.29) is 43.9 Å². The number of hydrogen-bond acceptors (Lipinski definition) is 6. The summed E-state index contributed by atoms with van der Waals surface area (Å²) in [6, 6.07) is 5.71. The zero-order chi connectivity index (χ0) is 14.7. The highest BCUT2D eigenvalue weighted by Gasteiger charge is 2.15. The van der Waals surface area contributed by atoms with E-state index in [1.165, 1.54) is 11.3 Å². The van der Waals surface area contributed by atoms with Crippen molar-refractivity contribution in [2.24, 2.45) is 5.73 Å². The minimum absolute atomic E-state index is 0. The number of carbonyl (C=O) groups excluding carboxylic acids is 1. The maximum atomic E-state index is 11.6. The smallest absolute Gasteiger partial charge is 0.231 e. The molecule has 0 bridgehead atoms. The molecule has 1 aliphatic rings. The summed E-state index contributed by atoms with van der Waals surface area (Å²) in [4.78, 5) is 16.1. The molecule has 0 saturated heterocycles. The van der Waals surface area contributed by atoms with Crippen LogP contribution in [0.3, 0.4) is 0 Å². The van der Waals surface area contributed by atoms with Crippen molar-refractivity contribution in [1.82, 2.24) is 10.3 Å². The first-order valence-electron chi connectivity index (χ1n) is 6.57. The maximum Gasteiger partial charge on any atom is 0.231 e. The number of nitrogens with zero attached hydrogens (tertiary/aromatic N) is 1. The largest absolute Gasteiger partial charge is 0.454 e. The summed E-state index contributed by atoms with van der Waals surface area (Å²) < 4.78 is 10.6. The Balaban J connectivity index is 0.00000132. The van der Waals surface area contributed by atoms with Gasteiger partial charge in [0, 0.05) is 24.0 Å². The van der Waals surface area contributed by atoms with Crippen LogP contribution in [0.1, 0.15) is 5.69 Å². The number of benzene rings is 1. The minimum Gasteiger partial charge on any atom is -0.454 e. The van der Waals surface area contributed by atoms with Gasteiger partial charge in [-0.15, -0.1) is 36.2 Å². The molecule has 0 fully saturated rings. The Labute approximate surface area is 150 Å². The number of fused-ring (bicyclic) bond motifs is 1. The zero-order valence-corrected chi connectivity index (χ0v) is 14.6. The lowest BCUT2D eigenvalue weighted by molar-refractivity contribution is -0.120. The SMILES string of the molecule is Cl.Cl.NCCNC(=O)Cc1csc(-c2ccc3c(c2)OCO3)n1. The van der Waals surface area contributed by atoms with Gasteiger partial charge in [0.25, 0.3) is 0 Å². The molecule has 2 aromatic rings. The third-order valence-corrected chi connectivity index (χ3v) is 3.92. The van der Waals surface area contributed by atoms with E-state index in [1.807, 2.05) is 23.6 Å². The van der Waals surface area contributed by atoms with Crippen LogP contribution in [0.15, 0.2) is 23.6 Å². The van der Waals surface area contributed by atoms with Gasteiger partial charge in [-0.2, -0.15) is 0 Å². The second-order valence-electron chi connectivity index (χ2n) is 4.53. The van der Waals surface area contributed by atoms with Gasteiger partial charge in [0.15, 0.2) is 11.5 Å². The molecule has 23 heavy (non-hydrogen) atoms. The number of thiazole rings is 1. The third kappa shape index (κ3) is 4.71. The van der Waals surface area contributed by atoms with Crippen molar-refractivity contribution < 1.29 is 14.3 Å². The summed E-state index contributed by atoms with van der Waals surface area (Å²) in [5, 5.41) is 5.48. The van der Waals surface area contributed by atoms with E-state index in [1.54, 1.807) is 0 Å². The number of aromatic nitrogens is 1. The normalized spacial score (nSPS) is 11.3. The molecule has 0 atom stereocenters. The predicted octanol–water partition coefficient (Wildman–Crippen LogP) is 2.00. The average molecular weight is 378 g/mol. The highest BCUT2D eigenvalue weighted by atomic mass is 35.5. The van der Waals surface area contributed by atoms with Crippen LogP contribution in [-0.2, 0) is 11.2 Å². The Morgan fingerprint density at radius 3 is 2.87 bits per heavy atom. The van der Waals surface area contributed by atoms with Crippen LogP contribution in [0, 0.1) is 0 Å². The van der Waals surface area contributed by atoms with Crippen molar-refractivity contribution in [3.8, 4) is 22.1 Å². The summed E-state index contributed by atoms with van der Waals surface area (Å²) >= 11 is 1.50. The van der Waals surface area contributed by atoms with Gasteiger partial charge in [-0.05, 0) is 18.2 Å². The molecule has 1 aliphatic heterocycles. The van der Waals surface area contributed by atoms with E-state index in [9.17, 15) is 4.79 Å². The molecule has 0 radical (unpaired) electrons. The zero-order valence-electron chi connectivity index (χ0n) is 12.1. The highest BCUT2D eigenvalue weighted by molar-refractivity contribution is 7.13. The Morgan fingerprint density at radius 2 is 2.09 bits per heavy atom. The van der Waals surface area contributed by atoms with Crippen LogP contribution in [0.4, 0.5) is 0 Å². The van der Waals surface area contributed by atoms with E-state index >= 15 is 0 Å². The summed E-state index contributed by atoms with van der Waals surface area (Å²) in [5.41, 5.74) is 7.05. The van der Waals surface area contributed by atoms with E-state index in [0.717, 1.165) is 27.8 Å². The van der Waals surface area contributed by atoms with E-state index in [2.05, 4.69) is 10.3 Å². The molecule has 0 spiro atoms. The molecule has 2 heterocycles. The van der Waals surface area contributed by atoms with Gasteiger partial charge in [-0.1, -0.05) is 0 Å². The van der Waals surface area contributed by atoms with Gasteiger partial charge in [0.1, 0.15) is 5.01 Å². The van der Waals surface area contributed by atoms with E-state index < -0.39 is 0 Å². The summed E-state index contributed by atoms with van der Waals surface area (Å²) in [5.74, 6) is 1.41. The quantitative estimate of drug-likeness (QED) is 0.831. The Bertz CT molecular complexity index is 666. The van der Waals surface area contributed by atoms with Crippen LogP contribution in [-0.4, -0.2) is 30.8 Å². The molecule has 0 unspecified atom stereocenters. The van der Waals surface area contributed by atoms with Crippen molar-refractivity contribution >= 4 is 42.1 Å². The number of hydrogen-bond donors (Lipinski definition) is 2. The number of nitrogens with two attached hydrogens (primary N) is 1. The molecule has 126 valence electrons. The first-order valence-corrected chi connectivity index (χ1v) is 7.45. The van der Waals surface area contributed by atoms with Crippen LogP contribution < -0.4 is 20.5 Å². The molecule has 1 aromatic heterocycles. The van der Waals surface area contributed by atoms with Crippen molar-refractivity contribution in [2.45, 2.75) is 6.42 Å². The number of rotatable bonds is 5. The van der Waals surface area contributed by atoms with Crippen LogP contribution in [0.5, 0.6) is 11.5 Å². The fraction of sp³-hybridized carbons (Fsp3) is 0.286. The molecular weight excluding hydrogens is 361 g/mol. The monoisotopic (exact) mass is 377 g/mol. The minimum atomic E-state index is -0.0667. The van der Waals surface area contributed by atoms with Gasteiger partial charge in [0.2, 0.25) is 12.7 Å². The fourth-order valence-corrected chi connectivity index (χ4v) is 2.81. The summed E-state index contributed by atoms with van der Waals surface area (Å²) in [6.07, 6.45) is 0.265. The lowest BCUT2D eigenvalue weighted by Crippen LogP contribution is -2.30. The highest BCUT2D eigenvalue weighted by Crippen LogP contribution is 2.36. The molecule has 1 amide bonds. The molecule has 6 nitrogen and oxygen atoms in total. The van der Waals surface area contributed by atoms with E-state index in [0.29, 0.717) is 13.1 Å². The fourth-order valence-electron chi connectivity index (χ4n) is 1.99. The number of carbonyl (C=O) groups is 1. The molecule has 0 saturated carbocycles. The Morgan fingerprint density at radius 1 is 1.30 bits per heavy atom. The van der Waals surface area contributed by atoms with E-state index in [4.69, 9.17) is 15.2 Å². The van der Waals surface area contributed by atoms with Crippen molar-refractivity contribution in [2.75, 3.05) is 19.9 Å². The van der Waals surface area contributed by atoms with Gasteiger partial charge in [0.05, 0.1) is 12.1 Å². The summed E-state index contributed by atoms with van der Waals surface area (Å²) in [7, 11) is 0. The number of halogens is 2. The second-order valence-corrected chi connectivity index (χ2v) is 5.39. The third-order valence-electron chi connectivity index (χ3n) is 2.98. The molecule has 3 rings (SSSR count). The van der Waals surface area contributed by atoms with Gasteiger partial charge in [-0.3, -0.25) is 4.79 Å².